The van der Waals surface area contributed by atoms with E-state index in [-0.39, 0.29) is 5.56 Å². The molecule has 0 aromatic heterocycles. The van der Waals surface area contributed by atoms with E-state index in [1.807, 2.05) is 25.2 Å². The van der Waals surface area contributed by atoms with Crippen molar-refractivity contribution in [2.24, 2.45) is 0 Å². The Morgan fingerprint density at radius 1 is 0.892 bits per heavy atom. The van der Waals surface area contributed by atoms with Crippen molar-refractivity contribution in [3.05, 3.63) is 53.6 Å². The number of carbonyl (C=O) groups excluding carboxylic acids is 1. The van der Waals surface area contributed by atoms with Crippen molar-refractivity contribution >= 4 is 11.8 Å². The molecule has 204 valence electrons. The number of rotatable bonds is 7. The summed E-state index contributed by atoms with van der Waals surface area (Å²) in [7, 11) is 3.62. The third kappa shape index (κ3) is 9.04. The van der Waals surface area contributed by atoms with E-state index >= 15 is 0 Å². The van der Waals surface area contributed by atoms with Crippen molar-refractivity contribution in [2.75, 3.05) is 14.2 Å². The van der Waals surface area contributed by atoms with Crippen LogP contribution in [0.2, 0.25) is 0 Å². The lowest BCUT2D eigenvalue weighted by molar-refractivity contribution is -0.192. The molecule has 0 unspecified atom stereocenters. The second kappa shape index (κ2) is 12.9. The van der Waals surface area contributed by atoms with Gasteiger partial charge >= 0.3 is 18.3 Å². The fourth-order valence-corrected chi connectivity index (χ4v) is 3.91. The predicted octanol–water partition coefficient (Wildman–Crippen LogP) is 5.36. The van der Waals surface area contributed by atoms with Crippen LogP contribution in [0.3, 0.4) is 0 Å². The maximum atomic E-state index is 12.6. The average molecular weight is 534 g/mol. The summed E-state index contributed by atoms with van der Waals surface area (Å²) in [5.41, 5.74) is 2.23. The molecule has 0 heterocycles. The lowest BCUT2D eigenvalue weighted by Crippen LogP contribution is -2.38. The van der Waals surface area contributed by atoms with Gasteiger partial charge in [-0.05, 0) is 56.0 Å². The maximum Gasteiger partial charge on any atom is 0.490 e. The number of carbonyl (C=O) groups is 2. The molecule has 1 aliphatic rings. The van der Waals surface area contributed by atoms with Crippen molar-refractivity contribution in [3.63, 3.8) is 0 Å². The zero-order valence-corrected chi connectivity index (χ0v) is 20.2. The first kappa shape index (κ1) is 30.1. The highest BCUT2D eigenvalue weighted by Gasteiger charge is 2.39. The van der Waals surface area contributed by atoms with Gasteiger partial charge in [-0.3, -0.25) is 4.79 Å². The Morgan fingerprint density at radius 2 is 1.41 bits per heavy atom. The minimum atomic E-state index is -5.08. The summed E-state index contributed by atoms with van der Waals surface area (Å²) in [5.74, 6) is -3.83. The standard InChI is InChI=1S/C23H27F3N2O2.C2HF3O2/c1-27-19-8-10-20(11-9-19)28-14-18-13-17(7-12-21(18)30-2)15-3-5-16(6-4-15)22(29)23(24,25)26;3-2(4,5)1(6)7/h3-7,12-13,19-20,27-28H,8-11,14H2,1-2H3;(H,6,7). The Labute approximate surface area is 210 Å². The van der Waals surface area contributed by atoms with Crippen LogP contribution in [-0.2, 0) is 11.3 Å². The smallest absolute Gasteiger partial charge is 0.490 e. The molecule has 0 radical (unpaired) electrons. The van der Waals surface area contributed by atoms with E-state index < -0.39 is 24.1 Å². The fraction of sp³-hybridized carbons (Fsp3) is 0.440. The summed E-state index contributed by atoms with van der Waals surface area (Å²) < 4.78 is 75.0. The summed E-state index contributed by atoms with van der Waals surface area (Å²) in [5, 5.41) is 14.1. The predicted molar refractivity (Wildman–Crippen MR) is 124 cm³/mol. The molecule has 0 spiro atoms. The van der Waals surface area contributed by atoms with Crippen molar-refractivity contribution in [2.45, 2.75) is 56.7 Å². The molecule has 2 aromatic carbocycles. The van der Waals surface area contributed by atoms with Gasteiger partial charge < -0.3 is 20.5 Å². The summed E-state index contributed by atoms with van der Waals surface area (Å²) in [6, 6.07) is 12.3. The molecule has 1 saturated carbocycles. The Kier molecular flexibility index (Phi) is 10.5. The summed E-state index contributed by atoms with van der Waals surface area (Å²) >= 11 is 0. The van der Waals surface area contributed by atoms with E-state index in [0.717, 1.165) is 48.1 Å². The Hall–Kier alpha value is -3.12. The van der Waals surface area contributed by atoms with Gasteiger partial charge in [0.25, 0.3) is 5.78 Å². The number of ketones is 1. The molecular formula is C25H28F6N2O4. The largest absolute Gasteiger partial charge is 0.496 e. The van der Waals surface area contributed by atoms with Crippen LogP contribution in [0.25, 0.3) is 11.1 Å². The first-order chi connectivity index (χ1) is 17.3. The molecule has 0 aliphatic heterocycles. The van der Waals surface area contributed by atoms with E-state index in [0.29, 0.717) is 18.6 Å². The lowest BCUT2D eigenvalue weighted by atomic mass is 9.91. The molecule has 37 heavy (non-hydrogen) atoms. The average Bonchev–Trinajstić information content (AvgIpc) is 2.86. The molecule has 0 amide bonds. The molecule has 6 nitrogen and oxygen atoms in total. The van der Waals surface area contributed by atoms with E-state index in [2.05, 4.69) is 10.6 Å². The molecule has 1 fully saturated rings. The first-order valence-corrected chi connectivity index (χ1v) is 11.4. The van der Waals surface area contributed by atoms with Crippen LogP contribution in [0.4, 0.5) is 26.3 Å². The van der Waals surface area contributed by atoms with Crippen molar-refractivity contribution in [1.82, 2.24) is 10.6 Å². The number of Topliss-reactive ketones (excluding diaryl/α,β-unsaturated/α-hetero) is 1. The molecule has 0 saturated heterocycles. The second-order valence-corrected chi connectivity index (χ2v) is 8.45. The number of carboxylic acid groups (broad SMARTS) is 1. The van der Waals surface area contributed by atoms with Gasteiger partial charge in [-0.15, -0.1) is 0 Å². The van der Waals surface area contributed by atoms with E-state index in [4.69, 9.17) is 14.6 Å². The fourth-order valence-electron chi connectivity index (χ4n) is 3.91. The first-order valence-electron chi connectivity index (χ1n) is 11.4. The van der Waals surface area contributed by atoms with Crippen molar-refractivity contribution in [3.8, 4) is 16.9 Å². The highest BCUT2D eigenvalue weighted by atomic mass is 19.4. The van der Waals surface area contributed by atoms with Gasteiger partial charge in [-0.2, -0.15) is 26.3 Å². The minimum absolute atomic E-state index is 0.362. The third-order valence-corrected chi connectivity index (χ3v) is 5.98. The van der Waals surface area contributed by atoms with Gasteiger partial charge in [0.2, 0.25) is 0 Å². The van der Waals surface area contributed by atoms with Gasteiger partial charge in [-0.25, -0.2) is 4.79 Å². The Bertz CT molecular complexity index is 1050. The van der Waals surface area contributed by atoms with Crippen LogP contribution in [0.15, 0.2) is 42.5 Å². The second-order valence-electron chi connectivity index (χ2n) is 8.45. The maximum absolute atomic E-state index is 12.6. The van der Waals surface area contributed by atoms with Crippen LogP contribution < -0.4 is 15.4 Å². The Balaban J connectivity index is 0.000000604. The third-order valence-electron chi connectivity index (χ3n) is 5.98. The van der Waals surface area contributed by atoms with Gasteiger partial charge in [0, 0.05) is 29.8 Å². The minimum Gasteiger partial charge on any atom is -0.496 e. The number of hydrogen-bond acceptors (Lipinski definition) is 5. The number of halogens is 6. The lowest BCUT2D eigenvalue weighted by Gasteiger charge is -2.29. The summed E-state index contributed by atoms with van der Waals surface area (Å²) in [6.45, 7) is 0.649. The quantitative estimate of drug-likeness (QED) is 0.328. The molecule has 2 aromatic rings. The number of ether oxygens (including phenoxy) is 1. The number of aliphatic carboxylic acids is 1. The van der Waals surface area contributed by atoms with Gasteiger partial charge in [0.1, 0.15) is 5.75 Å². The molecule has 0 bridgehead atoms. The molecule has 1 aliphatic carbocycles. The van der Waals surface area contributed by atoms with Gasteiger partial charge in [0.05, 0.1) is 7.11 Å². The topological polar surface area (TPSA) is 87.7 Å². The van der Waals surface area contributed by atoms with Crippen LogP contribution >= 0.6 is 0 Å². The number of benzene rings is 2. The van der Waals surface area contributed by atoms with Gasteiger partial charge in [0.15, 0.2) is 0 Å². The number of carboxylic acids is 1. The van der Waals surface area contributed by atoms with Crippen molar-refractivity contribution < 1.29 is 45.8 Å². The van der Waals surface area contributed by atoms with E-state index in [9.17, 15) is 31.1 Å². The molecule has 3 rings (SSSR count). The molecule has 3 N–H and O–H groups in total. The van der Waals surface area contributed by atoms with E-state index in [1.54, 1.807) is 7.11 Å². The number of nitrogens with one attached hydrogen (secondary N) is 2. The van der Waals surface area contributed by atoms with E-state index in [1.165, 1.54) is 24.3 Å². The highest BCUT2D eigenvalue weighted by molar-refractivity contribution is 6.00. The zero-order valence-electron chi connectivity index (χ0n) is 20.2. The van der Waals surface area contributed by atoms with Gasteiger partial charge in [-0.1, -0.05) is 30.3 Å². The molecule has 0 atom stereocenters. The van der Waals surface area contributed by atoms with Crippen LogP contribution in [0, 0.1) is 0 Å². The van der Waals surface area contributed by atoms with Crippen molar-refractivity contribution in [1.29, 1.82) is 0 Å². The Morgan fingerprint density at radius 3 is 1.86 bits per heavy atom. The van der Waals surface area contributed by atoms with Crippen LogP contribution in [-0.4, -0.2) is 55.5 Å². The number of alkyl halides is 6. The monoisotopic (exact) mass is 534 g/mol. The summed E-state index contributed by atoms with van der Waals surface area (Å²) in [4.78, 5) is 20.3. The summed E-state index contributed by atoms with van der Waals surface area (Å²) in [6.07, 6.45) is -5.43. The van der Waals surface area contributed by atoms with Crippen LogP contribution in [0.5, 0.6) is 5.75 Å². The highest BCUT2D eigenvalue weighted by Crippen LogP contribution is 2.29. The number of hydrogen-bond donors (Lipinski definition) is 3. The molecule has 12 heteroatoms. The normalized spacial score (nSPS) is 17.9. The molecular weight excluding hydrogens is 506 g/mol. The SMILES string of the molecule is CNC1CCC(NCc2cc(-c3ccc(C(=O)C(F)(F)F)cc3)ccc2OC)CC1.O=C(O)C(F)(F)F. The zero-order chi connectivity index (χ0) is 27.8. The number of methoxy groups -OCH3 is 1. The van der Waals surface area contributed by atoms with Crippen LogP contribution in [0.1, 0.15) is 41.6 Å².